The third-order valence-electron chi connectivity index (χ3n) is 4.60. The minimum atomic E-state index is -0.371. The molecule has 3 rings (SSSR count). The standard InChI is InChI=1S/C21H29N7O3S/c1-3-31-17(29)15-23-20-18(27-26-16-7-5-4-6-8-16)19(24-21(25-20)32-2)22-9-10-28-11-13-30-14-12-28/h4-8H,3,9-15H2,1-2H3,(H2,22,23,24,25). The molecule has 1 aromatic carbocycles. The van der Waals surface area contributed by atoms with Crippen LogP contribution in [0, 0.1) is 0 Å². The lowest BCUT2D eigenvalue weighted by molar-refractivity contribution is -0.140. The van der Waals surface area contributed by atoms with Crippen LogP contribution in [0.3, 0.4) is 0 Å². The summed E-state index contributed by atoms with van der Waals surface area (Å²) in [4.78, 5) is 23.3. The number of anilines is 2. The van der Waals surface area contributed by atoms with Gasteiger partial charge in [0.15, 0.2) is 22.5 Å². The molecule has 1 aliphatic rings. The Morgan fingerprint density at radius 1 is 1.16 bits per heavy atom. The van der Waals surface area contributed by atoms with Crippen LogP contribution in [0.2, 0.25) is 0 Å². The van der Waals surface area contributed by atoms with E-state index >= 15 is 0 Å². The summed E-state index contributed by atoms with van der Waals surface area (Å²) in [6, 6.07) is 9.42. The second-order valence-electron chi connectivity index (χ2n) is 6.83. The zero-order valence-electron chi connectivity index (χ0n) is 18.4. The summed E-state index contributed by atoms with van der Waals surface area (Å²) in [5.74, 6) is 0.610. The summed E-state index contributed by atoms with van der Waals surface area (Å²) >= 11 is 1.41. The van der Waals surface area contributed by atoms with E-state index in [-0.39, 0.29) is 12.5 Å². The largest absolute Gasteiger partial charge is 0.465 e. The molecule has 2 heterocycles. The van der Waals surface area contributed by atoms with Crippen LogP contribution >= 0.6 is 11.8 Å². The van der Waals surface area contributed by atoms with Gasteiger partial charge in [-0.15, -0.1) is 5.11 Å². The van der Waals surface area contributed by atoms with Crippen LogP contribution in [0.25, 0.3) is 0 Å². The number of morpholine rings is 1. The van der Waals surface area contributed by atoms with Crippen molar-refractivity contribution in [3.05, 3.63) is 30.3 Å². The van der Waals surface area contributed by atoms with Gasteiger partial charge in [0, 0.05) is 26.2 Å². The fourth-order valence-corrected chi connectivity index (χ4v) is 3.36. The average molecular weight is 460 g/mol. The minimum Gasteiger partial charge on any atom is -0.465 e. The summed E-state index contributed by atoms with van der Waals surface area (Å²) in [7, 11) is 0. The highest BCUT2D eigenvalue weighted by Gasteiger charge is 2.17. The van der Waals surface area contributed by atoms with Crippen LogP contribution in [-0.4, -0.2) is 79.6 Å². The Morgan fingerprint density at radius 3 is 2.56 bits per heavy atom. The Labute approximate surface area is 192 Å². The number of nitrogens with one attached hydrogen (secondary N) is 2. The van der Waals surface area contributed by atoms with Crippen LogP contribution in [0.5, 0.6) is 0 Å². The number of rotatable bonds is 11. The van der Waals surface area contributed by atoms with Gasteiger partial charge in [-0.25, -0.2) is 9.97 Å². The molecule has 2 N–H and O–H groups in total. The molecule has 11 heteroatoms. The Balaban J connectivity index is 1.82. The lowest BCUT2D eigenvalue weighted by atomic mass is 10.3. The molecule has 0 unspecified atom stereocenters. The molecular formula is C21H29N7O3S. The van der Waals surface area contributed by atoms with E-state index in [1.807, 2.05) is 36.6 Å². The topological polar surface area (TPSA) is 113 Å². The molecule has 32 heavy (non-hydrogen) atoms. The fourth-order valence-electron chi connectivity index (χ4n) is 2.99. The molecule has 0 spiro atoms. The first-order chi connectivity index (χ1) is 15.7. The van der Waals surface area contributed by atoms with E-state index in [0.717, 1.165) is 32.8 Å². The number of ether oxygens (including phenoxy) is 2. The molecule has 2 aromatic rings. The van der Waals surface area contributed by atoms with Gasteiger partial charge < -0.3 is 20.1 Å². The number of carbonyl (C=O) groups excluding carboxylic acids is 1. The number of carbonyl (C=O) groups is 1. The maximum absolute atomic E-state index is 11.9. The van der Waals surface area contributed by atoms with Crippen LogP contribution < -0.4 is 10.6 Å². The molecule has 0 saturated carbocycles. The SMILES string of the molecule is CCOC(=O)CNc1nc(SC)nc(NCCN2CCOCC2)c1N=Nc1ccccc1. The number of esters is 1. The van der Waals surface area contributed by atoms with Gasteiger partial charge in [0.25, 0.3) is 0 Å². The third kappa shape index (κ3) is 7.43. The fraction of sp³-hybridized carbons (Fsp3) is 0.476. The number of thioether (sulfide) groups is 1. The van der Waals surface area contributed by atoms with Crippen LogP contribution in [0.4, 0.5) is 23.0 Å². The molecule has 1 aromatic heterocycles. The number of azo groups is 1. The first-order valence-corrected chi connectivity index (χ1v) is 11.8. The Morgan fingerprint density at radius 2 is 1.88 bits per heavy atom. The van der Waals surface area contributed by atoms with Gasteiger partial charge in [0.1, 0.15) is 6.54 Å². The van der Waals surface area contributed by atoms with Crippen LogP contribution in [-0.2, 0) is 14.3 Å². The molecule has 1 saturated heterocycles. The molecular weight excluding hydrogens is 430 g/mol. The molecule has 1 fully saturated rings. The quantitative estimate of drug-likeness (QED) is 0.226. The Hall–Kier alpha value is -2.76. The Bertz CT molecular complexity index is 892. The van der Waals surface area contributed by atoms with Crippen molar-refractivity contribution in [3.8, 4) is 0 Å². The maximum Gasteiger partial charge on any atom is 0.325 e. The molecule has 0 amide bonds. The van der Waals surface area contributed by atoms with Crippen molar-refractivity contribution in [2.45, 2.75) is 12.1 Å². The van der Waals surface area contributed by atoms with Crippen LogP contribution in [0.15, 0.2) is 45.7 Å². The Kier molecular flexibility index (Phi) is 9.66. The smallest absolute Gasteiger partial charge is 0.325 e. The molecule has 0 bridgehead atoms. The summed E-state index contributed by atoms with van der Waals surface area (Å²) in [6.45, 7) is 6.91. The van der Waals surface area contributed by atoms with E-state index in [2.05, 4.69) is 35.7 Å². The summed E-state index contributed by atoms with van der Waals surface area (Å²) in [6.07, 6.45) is 1.90. The van der Waals surface area contributed by atoms with Gasteiger partial charge in [-0.3, -0.25) is 9.69 Å². The zero-order chi connectivity index (χ0) is 22.6. The lowest BCUT2D eigenvalue weighted by Gasteiger charge is -2.26. The van der Waals surface area contributed by atoms with E-state index in [9.17, 15) is 4.79 Å². The molecule has 172 valence electrons. The van der Waals surface area contributed by atoms with Gasteiger partial charge in [-0.1, -0.05) is 30.0 Å². The van der Waals surface area contributed by atoms with E-state index in [1.165, 1.54) is 11.8 Å². The number of benzene rings is 1. The van der Waals surface area contributed by atoms with Crippen molar-refractivity contribution < 1.29 is 14.3 Å². The van der Waals surface area contributed by atoms with Gasteiger partial charge in [-0.05, 0) is 25.3 Å². The van der Waals surface area contributed by atoms with Gasteiger partial charge in [0.05, 0.1) is 25.5 Å². The van der Waals surface area contributed by atoms with E-state index in [0.29, 0.717) is 41.3 Å². The highest BCUT2D eigenvalue weighted by molar-refractivity contribution is 7.98. The van der Waals surface area contributed by atoms with Gasteiger partial charge in [-0.2, -0.15) is 5.11 Å². The van der Waals surface area contributed by atoms with Crippen molar-refractivity contribution in [2.24, 2.45) is 10.2 Å². The van der Waals surface area contributed by atoms with Crippen molar-refractivity contribution in [1.29, 1.82) is 0 Å². The number of nitrogens with zero attached hydrogens (tertiary/aromatic N) is 5. The second-order valence-corrected chi connectivity index (χ2v) is 7.60. The van der Waals surface area contributed by atoms with E-state index in [1.54, 1.807) is 6.92 Å². The van der Waals surface area contributed by atoms with E-state index < -0.39 is 0 Å². The molecule has 0 aliphatic carbocycles. The zero-order valence-corrected chi connectivity index (χ0v) is 19.2. The molecule has 1 aliphatic heterocycles. The van der Waals surface area contributed by atoms with Crippen molar-refractivity contribution in [2.75, 3.05) is 69.4 Å². The first kappa shape index (κ1) is 23.9. The monoisotopic (exact) mass is 459 g/mol. The highest BCUT2D eigenvalue weighted by Crippen LogP contribution is 2.34. The predicted molar refractivity (Wildman–Crippen MR) is 125 cm³/mol. The summed E-state index contributed by atoms with van der Waals surface area (Å²) < 4.78 is 10.4. The second kappa shape index (κ2) is 12.9. The average Bonchev–Trinajstić information content (AvgIpc) is 2.83. The number of aromatic nitrogens is 2. The molecule has 10 nitrogen and oxygen atoms in total. The van der Waals surface area contributed by atoms with Crippen molar-refractivity contribution in [3.63, 3.8) is 0 Å². The van der Waals surface area contributed by atoms with Crippen molar-refractivity contribution in [1.82, 2.24) is 14.9 Å². The van der Waals surface area contributed by atoms with Gasteiger partial charge in [0.2, 0.25) is 0 Å². The summed E-state index contributed by atoms with van der Waals surface area (Å²) in [5.41, 5.74) is 1.15. The first-order valence-electron chi connectivity index (χ1n) is 10.6. The van der Waals surface area contributed by atoms with Crippen molar-refractivity contribution >= 4 is 40.7 Å². The summed E-state index contributed by atoms with van der Waals surface area (Å²) in [5, 5.41) is 15.7. The lowest BCUT2D eigenvalue weighted by Crippen LogP contribution is -2.39. The number of hydrogen-bond donors (Lipinski definition) is 2. The maximum atomic E-state index is 11.9. The van der Waals surface area contributed by atoms with Crippen LogP contribution in [0.1, 0.15) is 6.92 Å². The van der Waals surface area contributed by atoms with Gasteiger partial charge >= 0.3 is 5.97 Å². The van der Waals surface area contributed by atoms with E-state index in [4.69, 9.17) is 9.47 Å². The third-order valence-corrected chi connectivity index (χ3v) is 5.15. The predicted octanol–water partition coefficient (Wildman–Crippen LogP) is 3.33. The normalized spacial score (nSPS) is 14.4. The molecule has 0 radical (unpaired) electrons. The highest BCUT2D eigenvalue weighted by atomic mass is 32.2. The number of hydrogen-bond acceptors (Lipinski definition) is 11. The minimum absolute atomic E-state index is 0.0280. The molecule has 0 atom stereocenters.